The molecule has 11 heteroatoms. The molecular weight excluding hydrogens is 438 g/mol. The van der Waals surface area contributed by atoms with E-state index in [-0.39, 0.29) is 23.6 Å². The molecule has 34 heavy (non-hydrogen) atoms. The number of pyridine rings is 1. The highest BCUT2D eigenvalue weighted by Crippen LogP contribution is 2.23. The van der Waals surface area contributed by atoms with E-state index in [2.05, 4.69) is 26.0 Å². The molecule has 1 amide bonds. The van der Waals surface area contributed by atoms with E-state index in [4.69, 9.17) is 4.74 Å². The summed E-state index contributed by atoms with van der Waals surface area (Å²) >= 11 is 0. The fourth-order valence-electron chi connectivity index (χ4n) is 4.69. The Morgan fingerprint density at radius 1 is 1.26 bits per heavy atom. The lowest BCUT2D eigenvalue weighted by atomic mass is 10.1. The molecule has 0 radical (unpaired) electrons. The summed E-state index contributed by atoms with van der Waals surface area (Å²) in [5.41, 5.74) is 0.860. The molecule has 0 aromatic carbocycles. The fourth-order valence-corrected chi connectivity index (χ4v) is 4.69. The minimum absolute atomic E-state index is 0.00220. The number of carbonyl (C=O) groups excluding carboxylic acids is 1. The lowest BCUT2D eigenvalue weighted by Gasteiger charge is -2.24. The molecule has 0 unspecified atom stereocenters. The van der Waals surface area contributed by atoms with Crippen molar-refractivity contribution < 1.29 is 14.6 Å². The summed E-state index contributed by atoms with van der Waals surface area (Å²) < 4.78 is 8.78. The zero-order valence-electron chi connectivity index (χ0n) is 19.0. The first-order chi connectivity index (χ1) is 16.5. The molecule has 2 aliphatic rings. The van der Waals surface area contributed by atoms with Crippen LogP contribution in [0.4, 0.5) is 17.3 Å². The van der Waals surface area contributed by atoms with Crippen LogP contribution in [0.5, 0.6) is 0 Å². The van der Waals surface area contributed by atoms with Crippen molar-refractivity contribution in [1.29, 1.82) is 0 Å². The van der Waals surface area contributed by atoms with Gasteiger partial charge in [-0.25, -0.2) is 4.98 Å². The van der Waals surface area contributed by atoms with Crippen molar-refractivity contribution in [2.75, 3.05) is 30.9 Å². The van der Waals surface area contributed by atoms with Gasteiger partial charge in [0.25, 0.3) is 11.5 Å². The molecule has 5 rings (SSSR count). The Labute approximate surface area is 196 Å². The minimum Gasteiger partial charge on any atom is -0.391 e. The molecule has 11 nitrogen and oxygen atoms in total. The molecule has 0 bridgehead atoms. The molecule has 180 valence electrons. The molecule has 3 aromatic rings. The third-order valence-electron chi connectivity index (χ3n) is 6.54. The highest BCUT2D eigenvalue weighted by Gasteiger charge is 2.28. The standard InChI is InChI=1S/C23H29N7O4/c1-24-20-11-19(26-17-7-3-9-29(23(17)33)14-5-4-10-34-13-14)28-21-15(12-25-30(20)21)22(32)27-16-6-2-8-18(16)31/h3,7,9,11-12,14,16,18,24,31H,2,4-6,8,10,13H2,1H3,(H,26,28)(H,27,32)/t14-,16+,18-/m0/s1. The van der Waals surface area contributed by atoms with Crippen LogP contribution in [0.3, 0.4) is 0 Å². The second kappa shape index (κ2) is 9.43. The van der Waals surface area contributed by atoms with Gasteiger partial charge < -0.3 is 30.4 Å². The Hall–Kier alpha value is -3.44. The summed E-state index contributed by atoms with van der Waals surface area (Å²) in [6.45, 7) is 1.24. The highest BCUT2D eigenvalue weighted by molar-refractivity contribution is 6.00. The predicted octanol–water partition coefficient (Wildman–Crippen LogP) is 1.67. The smallest absolute Gasteiger partial charge is 0.274 e. The molecule has 2 fully saturated rings. The summed E-state index contributed by atoms with van der Waals surface area (Å²) in [7, 11) is 1.74. The van der Waals surface area contributed by atoms with Crippen molar-refractivity contribution in [1.82, 2.24) is 24.5 Å². The van der Waals surface area contributed by atoms with Crippen LogP contribution in [0.1, 0.15) is 48.5 Å². The summed E-state index contributed by atoms with van der Waals surface area (Å²) in [4.78, 5) is 30.7. The fraction of sp³-hybridized carbons (Fsp3) is 0.478. The van der Waals surface area contributed by atoms with E-state index in [1.807, 2.05) is 6.07 Å². The Kier molecular flexibility index (Phi) is 6.20. The average Bonchev–Trinajstić information content (AvgIpc) is 3.46. The van der Waals surface area contributed by atoms with Crippen LogP contribution in [0, 0.1) is 0 Å². The number of ether oxygens (including phenoxy) is 1. The van der Waals surface area contributed by atoms with Crippen LogP contribution >= 0.6 is 0 Å². The van der Waals surface area contributed by atoms with Crippen molar-refractivity contribution in [2.24, 2.45) is 0 Å². The van der Waals surface area contributed by atoms with Gasteiger partial charge in [-0.3, -0.25) is 9.59 Å². The minimum atomic E-state index is -0.543. The summed E-state index contributed by atoms with van der Waals surface area (Å²) in [5.74, 6) is 0.665. The van der Waals surface area contributed by atoms with Gasteiger partial charge in [0.05, 0.1) is 31.0 Å². The molecule has 1 saturated heterocycles. The number of rotatable bonds is 6. The van der Waals surface area contributed by atoms with Crippen LogP contribution in [-0.2, 0) is 4.74 Å². The molecule has 3 aromatic heterocycles. The van der Waals surface area contributed by atoms with E-state index >= 15 is 0 Å². The quantitative estimate of drug-likeness (QED) is 0.430. The van der Waals surface area contributed by atoms with E-state index < -0.39 is 6.10 Å². The van der Waals surface area contributed by atoms with E-state index in [1.54, 1.807) is 29.9 Å². The van der Waals surface area contributed by atoms with Gasteiger partial charge in [0.15, 0.2) is 5.65 Å². The largest absolute Gasteiger partial charge is 0.391 e. The maximum Gasteiger partial charge on any atom is 0.274 e. The zero-order valence-corrected chi connectivity index (χ0v) is 19.0. The topological polar surface area (TPSA) is 135 Å². The average molecular weight is 468 g/mol. The van der Waals surface area contributed by atoms with E-state index in [1.165, 1.54) is 10.7 Å². The summed E-state index contributed by atoms with van der Waals surface area (Å²) in [6, 6.07) is 4.98. The van der Waals surface area contributed by atoms with E-state index in [0.29, 0.717) is 41.6 Å². The maximum atomic E-state index is 13.1. The first kappa shape index (κ1) is 22.4. The lowest BCUT2D eigenvalue weighted by molar-refractivity contribution is 0.0581. The highest BCUT2D eigenvalue weighted by atomic mass is 16.5. The van der Waals surface area contributed by atoms with Gasteiger partial charge in [-0.2, -0.15) is 9.61 Å². The first-order valence-electron chi connectivity index (χ1n) is 11.7. The van der Waals surface area contributed by atoms with Crippen molar-refractivity contribution in [3.63, 3.8) is 0 Å². The number of nitrogens with zero attached hydrogens (tertiary/aromatic N) is 4. The van der Waals surface area contributed by atoms with Crippen molar-refractivity contribution in [2.45, 2.75) is 50.3 Å². The monoisotopic (exact) mass is 467 g/mol. The Bertz CT molecular complexity index is 1250. The molecule has 1 saturated carbocycles. The number of nitrogens with one attached hydrogen (secondary N) is 3. The number of aromatic nitrogens is 4. The molecule has 4 N–H and O–H groups in total. The van der Waals surface area contributed by atoms with Gasteiger partial charge in [-0.15, -0.1) is 0 Å². The van der Waals surface area contributed by atoms with Gasteiger partial charge in [0, 0.05) is 25.9 Å². The number of carbonyl (C=O) groups is 1. The van der Waals surface area contributed by atoms with Gasteiger partial charge in [0.1, 0.15) is 22.9 Å². The zero-order chi connectivity index (χ0) is 23.7. The Balaban J connectivity index is 1.46. The van der Waals surface area contributed by atoms with Crippen LogP contribution in [0.25, 0.3) is 5.65 Å². The number of hydrogen-bond acceptors (Lipinski definition) is 8. The molecular formula is C23H29N7O4. The van der Waals surface area contributed by atoms with Crippen molar-refractivity contribution in [3.8, 4) is 0 Å². The summed E-state index contributed by atoms with van der Waals surface area (Å²) in [6.07, 6.45) is 6.79. The Morgan fingerprint density at radius 3 is 2.88 bits per heavy atom. The lowest BCUT2D eigenvalue weighted by Crippen LogP contribution is -2.39. The van der Waals surface area contributed by atoms with Crippen LogP contribution < -0.4 is 21.5 Å². The van der Waals surface area contributed by atoms with Crippen LogP contribution in [0.15, 0.2) is 35.4 Å². The maximum absolute atomic E-state index is 13.1. The number of aliphatic hydroxyl groups excluding tert-OH is 1. The number of anilines is 3. The third-order valence-corrected chi connectivity index (χ3v) is 6.54. The van der Waals surface area contributed by atoms with Crippen molar-refractivity contribution in [3.05, 3.63) is 46.5 Å². The van der Waals surface area contributed by atoms with Crippen LogP contribution in [0.2, 0.25) is 0 Å². The van der Waals surface area contributed by atoms with E-state index in [0.717, 1.165) is 32.3 Å². The third kappa shape index (κ3) is 4.24. The summed E-state index contributed by atoms with van der Waals surface area (Å²) in [5, 5.41) is 23.4. The van der Waals surface area contributed by atoms with E-state index in [9.17, 15) is 14.7 Å². The van der Waals surface area contributed by atoms with Gasteiger partial charge in [-0.05, 0) is 44.2 Å². The van der Waals surface area contributed by atoms with Crippen molar-refractivity contribution >= 4 is 28.9 Å². The molecule has 3 atom stereocenters. The number of aliphatic hydroxyl groups is 1. The molecule has 1 aliphatic carbocycles. The molecule has 0 spiro atoms. The number of amides is 1. The van der Waals surface area contributed by atoms with Gasteiger partial charge >= 0.3 is 0 Å². The SMILES string of the molecule is CNc1cc(Nc2cccn([C@H]3CCCOC3)c2=O)nc2c(C(=O)N[C@@H]3CCC[C@@H]3O)cnn12. The number of fused-ring (bicyclic) bond motifs is 1. The van der Waals surface area contributed by atoms with Crippen LogP contribution in [-0.4, -0.2) is 62.6 Å². The first-order valence-corrected chi connectivity index (χ1v) is 11.7. The second-order valence-corrected chi connectivity index (χ2v) is 8.78. The van der Waals surface area contributed by atoms with Gasteiger partial charge in [-0.1, -0.05) is 0 Å². The molecule has 1 aliphatic heterocycles. The van der Waals surface area contributed by atoms with Gasteiger partial charge in [0.2, 0.25) is 0 Å². The predicted molar refractivity (Wildman–Crippen MR) is 127 cm³/mol. The number of hydrogen-bond donors (Lipinski definition) is 4. The second-order valence-electron chi connectivity index (χ2n) is 8.78. The normalized spacial score (nSPS) is 22.6. The molecule has 4 heterocycles. The Morgan fingerprint density at radius 2 is 2.15 bits per heavy atom.